The van der Waals surface area contributed by atoms with Crippen LogP contribution in [0.5, 0.6) is 0 Å². The van der Waals surface area contributed by atoms with Gasteiger partial charge in [-0.25, -0.2) is 0 Å². The molecule has 0 saturated carbocycles. The maximum absolute atomic E-state index is 12.3. The normalized spacial score (nSPS) is 13.8. The number of amides is 3. The molecule has 0 saturated heterocycles. The van der Waals surface area contributed by atoms with Gasteiger partial charge in [-0.3, -0.25) is 14.4 Å². The molecule has 0 bridgehead atoms. The van der Waals surface area contributed by atoms with E-state index in [0.717, 1.165) is 18.4 Å². The fourth-order valence-electron chi connectivity index (χ4n) is 3.40. The van der Waals surface area contributed by atoms with Crippen molar-refractivity contribution in [2.45, 2.75) is 45.6 Å². The Morgan fingerprint density at radius 2 is 1.43 bits per heavy atom. The maximum Gasteiger partial charge on any atom is 0.313 e. The highest BCUT2D eigenvalue weighted by Gasteiger charge is 2.18. The number of hydrogen-bond donors (Lipinski definition) is 3. The number of benzene rings is 2. The molecule has 2 aromatic carbocycles. The number of carbonyl (C=O) groups excluding carboxylic acids is 3. The summed E-state index contributed by atoms with van der Waals surface area (Å²) in [5, 5.41) is 7.96. The topological polar surface area (TPSA) is 87.3 Å². The summed E-state index contributed by atoms with van der Waals surface area (Å²) in [6, 6.07) is 12.6. The average Bonchev–Trinajstić information content (AvgIpc) is 2.68. The Morgan fingerprint density at radius 3 is 2.07 bits per heavy atom. The Balaban J connectivity index is 1.57. The molecule has 28 heavy (non-hydrogen) atoms. The van der Waals surface area contributed by atoms with E-state index in [1.807, 2.05) is 13.0 Å². The van der Waals surface area contributed by atoms with E-state index in [4.69, 9.17) is 0 Å². The molecule has 0 aliphatic heterocycles. The molecule has 0 fully saturated rings. The van der Waals surface area contributed by atoms with Gasteiger partial charge in [-0.05, 0) is 73.6 Å². The van der Waals surface area contributed by atoms with Crippen molar-refractivity contribution >= 4 is 29.1 Å². The van der Waals surface area contributed by atoms with Gasteiger partial charge in [-0.2, -0.15) is 0 Å². The third kappa shape index (κ3) is 4.97. The standard InChI is InChI=1S/C22H25N3O3/c1-14(17-8-7-16-5-3-4-6-18(16)13-17)23-21(27)22(28)25-20-11-9-19(10-12-20)24-15(2)26/h7-14H,3-6H2,1-2H3,(H,23,27)(H,24,26)(H,25,28). The van der Waals surface area contributed by atoms with E-state index in [9.17, 15) is 14.4 Å². The van der Waals surface area contributed by atoms with Gasteiger partial charge < -0.3 is 16.0 Å². The van der Waals surface area contributed by atoms with Crippen molar-refractivity contribution in [2.24, 2.45) is 0 Å². The number of aryl methyl sites for hydroxylation is 2. The largest absolute Gasteiger partial charge is 0.341 e. The highest BCUT2D eigenvalue weighted by Crippen LogP contribution is 2.24. The Hall–Kier alpha value is -3.15. The summed E-state index contributed by atoms with van der Waals surface area (Å²) in [6.07, 6.45) is 4.60. The Kier molecular flexibility index (Phi) is 6.09. The van der Waals surface area contributed by atoms with Crippen LogP contribution in [0.2, 0.25) is 0 Å². The van der Waals surface area contributed by atoms with Crippen molar-refractivity contribution in [3.8, 4) is 0 Å². The second-order valence-electron chi connectivity index (χ2n) is 7.14. The number of nitrogens with one attached hydrogen (secondary N) is 3. The molecule has 146 valence electrons. The van der Waals surface area contributed by atoms with Gasteiger partial charge in [-0.1, -0.05) is 18.2 Å². The van der Waals surface area contributed by atoms with Crippen LogP contribution in [0.15, 0.2) is 42.5 Å². The first-order valence-electron chi connectivity index (χ1n) is 9.53. The van der Waals surface area contributed by atoms with Crippen LogP contribution in [0.4, 0.5) is 11.4 Å². The molecular weight excluding hydrogens is 354 g/mol. The monoisotopic (exact) mass is 379 g/mol. The van der Waals surface area contributed by atoms with Crippen molar-refractivity contribution in [3.05, 3.63) is 59.2 Å². The molecule has 1 aliphatic carbocycles. The van der Waals surface area contributed by atoms with Crippen LogP contribution in [-0.2, 0) is 27.2 Å². The summed E-state index contributed by atoms with van der Waals surface area (Å²) in [4.78, 5) is 35.5. The lowest BCUT2D eigenvalue weighted by molar-refractivity contribution is -0.136. The molecule has 0 aromatic heterocycles. The molecule has 1 unspecified atom stereocenters. The molecule has 0 spiro atoms. The highest BCUT2D eigenvalue weighted by molar-refractivity contribution is 6.39. The smallest absolute Gasteiger partial charge is 0.313 e. The zero-order valence-electron chi connectivity index (χ0n) is 16.2. The summed E-state index contributed by atoms with van der Waals surface area (Å²) in [6.45, 7) is 3.29. The number of fused-ring (bicyclic) bond motifs is 1. The molecule has 0 radical (unpaired) electrons. The predicted octanol–water partition coefficient (Wildman–Crippen LogP) is 3.34. The number of carbonyl (C=O) groups is 3. The minimum atomic E-state index is -0.725. The first-order valence-corrected chi connectivity index (χ1v) is 9.53. The zero-order valence-corrected chi connectivity index (χ0v) is 16.2. The molecule has 0 heterocycles. The van der Waals surface area contributed by atoms with E-state index >= 15 is 0 Å². The van der Waals surface area contributed by atoms with Gasteiger partial charge in [0.05, 0.1) is 6.04 Å². The fourth-order valence-corrected chi connectivity index (χ4v) is 3.40. The van der Waals surface area contributed by atoms with Crippen molar-refractivity contribution in [1.82, 2.24) is 5.32 Å². The SMILES string of the molecule is CC(=O)Nc1ccc(NC(=O)C(=O)NC(C)c2ccc3c(c2)CCCC3)cc1. The first-order chi connectivity index (χ1) is 13.4. The third-order valence-corrected chi connectivity index (χ3v) is 4.89. The second kappa shape index (κ2) is 8.69. The minimum Gasteiger partial charge on any atom is -0.341 e. The molecule has 1 aliphatic rings. The maximum atomic E-state index is 12.3. The molecule has 6 nitrogen and oxygen atoms in total. The fraction of sp³-hybridized carbons (Fsp3) is 0.318. The van der Waals surface area contributed by atoms with Gasteiger partial charge in [0, 0.05) is 18.3 Å². The van der Waals surface area contributed by atoms with Crippen LogP contribution >= 0.6 is 0 Å². The lowest BCUT2D eigenvalue weighted by Crippen LogP contribution is -2.37. The third-order valence-electron chi connectivity index (χ3n) is 4.89. The van der Waals surface area contributed by atoms with Gasteiger partial charge in [-0.15, -0.1) is 0 Å². The van der Waals surface area contributed by atoms with Gasteiger partial charge >= 0.3 is 11.8 Å². The Bertz CT molecular complexity index is 890. The number of anilines is 2. The quantitative estimate of drug-likeness (QED) is 0.712. The Labute approximate surface area is 164 Å². The average molecular weight is 379 g/mol. The van der Waals surface area contributed by atoms with E-state index in [1.54, 1.807) is 24.3 Å². The molecule has 3 rings (SSSR count). The van der Waals surface area contributed by atoms with Gasteiger partial charge in [0.25, 0.3) is 0 Å². The van der Waals surface area contributed by atoms with Gasteiger partial charge in [0.15, 0.2) is 0 Å². The van der Waals surface area contributed by atoms with E-state index < -0.39 is 11.8 Å². The molecule has 2 aromatic rings. The van der Waals surface area contributed by atoms with Gasteiger partial charge in [0.2, 0.25) is 5.91 Å². The van der Waals surface area contributed by atoms with E-state index in [1.165, 1.54) is 30.9 Å². The minimum absolute atomic E-state index is 0.174. The summed E-state index contributed by atoms with van der Waals surface area (Å²) in [5.74, 6) is -1.58. The molecule has 6 heteroatoms. The van der Waals surface area contributed by atoms with Crippen molar-refractivity contribution < 1.29 is 14.4 Å². The zero-order chi connectivity index (χ0) is 20.1. The van der Waals surface area contributed by atoms with E-state index in [2.05, 4.69) is 28.1 Å². The van der Waals surface area contributed by atoms with Gasteiger partial charge in [0.1, 0.15) is 0 Å². The van der Waals surface area contributed by atoms with Crippen molar-refractivity contribution in [1.29, 1.82) is 0 Å². The Morgan fingerprint density at radius 1 is 0.821 bits per heavy atom. The number of rotatable bonds is 4. The second-order valence-corrected chi connectivity index (χ2v) is 7.14. The van der Waals surface area contributed by atoms with Crippen LogP contribution in [0.3, 0.4) is 0 Å². The van der Waals surface area contributed by atoms with Crippen LogP contribution in [0.25, 0.3) is 0 Å². The van der Waals surface area contributed by atoms with E-state index in [-0.39, 0.29) is 11.9 Å². The summed E-state index contributed by atoms with van der Waals surface area (Å²) in [5.41, 5.74) is 4.83. The van der Waals surface area contributed by atoms with Crippen LogP contribution in [0, 0.1) is 0 Å². The van der Waals surface area contributed by atoms with Crippen molar-refractivity contribution in [2.75, 3.05) is 10.6 Å². The van der Waals surface area contributed by atoms with Crippen LogP contribution < -0.4 is 16.0 Å². The molecule has 1 atom stereocenters. The number of hydrogen-bond acceptors (Lipinski definition) is 3. The lowest BCUT2D eigenvalue weighted by atomic mass is 9.89. The predicted molar refractivity (Wildman–Crippen MR) is 109 cm³/mol. The van der Waals surface area contributed by atoms with Crippen LogP contribution in [0.1, 0.15) is 49.4 Å². The molecular formula is C22H25N3O3. The van der Waals surface area contributed by atoms with Crippen LogP contribution in [-0.4, -0.2) is 17.7 Å². The molecule has 3 N–H and O–H groups in total. The summed E-state index contributed by atoms with van der Waals surface area (Å²) < 4.78 is 0. The first kappa shape index (κ1) is 19.6. The van der Waals surface area contributed by atoms with E-state index in [0.29, 0.717) is 11.4 Å². The highest BCUT2D eigenvalue weighted by atomic mass is 16.2. The molecule has 3 amide bonds. The summed E-state index contributed by atoms with van der Waals surface area (Å²) in [7, 11) is 0. The van der Waals surface area contributed by atoms with Crippen molar-refractivity contribution in [3.63, 3.8) is 0 Å². The summed E-state index contributed by atoms with van der Waals surface area (Å²) >= 11 is 0. The lowest BCUT2D eigenvalue weighted by Gasteiger charge is -2.20.